The van der Waals surface area contributed by atoms with Crippen LogP contribution in [0, 0.1) is 5.82 Å². The molecule has 0 bridgehead atoms. The van der Waals surface area contributed by atoms with Gasteiger partial charge in [0.15, 0.2) is 5.58 Å². The SMILES string of the molecule is O=C(Nc1csc(-c2ccc(Cl)cc2F)c1C(=O)O)c1nc2ccccc2o1. The van der Waals surface area contributed by atoms with Crippen molar-refractivity contribution in [2.24, 2.45) is 0 Å². The van der Waals surface area contributed by atoms with Crippen LogP contribution in [0.5, 0.6) is 0 Å². The van der Waals surface area contributed by atoms with Gasteiger partial charge in [0.1, 0.15) is 16.9 Å². The van der Waals surface area contributed by atoms with Gasteiger partial charge in [0.2, 0.25) is 0 Å². The van der Waals surface area contributed by atoms with Crippen molar-refractivity contribution in [1.29, 1.82) is 0 Å². The van der Waals surface area contributed by atoms with Gasteiger partial charge >= 0.3 is 11.9 Å². The summed E-state index contributed by atoms with van der Waals surface area (Å²) in [5.41, 5.74) is 0.805. The van der Waals surface area contributed by atoms with Crippen LogP contribution in [-0.4, -0.2) is 22.0 Å². The number of oxazole rings is 1. The minimum absolute atomic E-state index is 0.0223. The smallest absolute Gasteiger partial charge is 0.339 e. The van der Waals surface area contributed by atoms with Crippen LogP contribution in [0.3, 0.4) is 0 Å². The fourth-order valence-corrected chi connectivity index (χ4v) is 3.86. The molecule has 2 N–H and O–H groups in total. The zero-order valence-electron chi connectivity index (χ0n) is 13.9. The summed E-state index contributed by atoms with van der Waals surface area (Å²) in [6.07, 6.45) is 0. The van der Waals surface area contributed by atoms with Gasteiger partial charge in [-0.1, -0.05) is 23.7 Å². The molecule has 0 aliphatic rings. The molecule has 2 aromatic heterocycles. The van der Waals surface area contributed by atoms with Gasteiger partial charge in [-0.05, 0) is 30.3 Å². The highest BCUT2D eigenvalue weighted by Crippen LogP contribution is 2.38. The van der Waals surface area contributed by atoms with Gasteiger partial charge in [0, 0.05) is 16.0 Å². The molecule has 140 valence electrons. The number of aromatic carboxylic acids is 1. The molecule has 4 rings (SSSR count). The van der Waals surface area contributed by atoms with Crippen LogP contribution in [-0.2, 0) is 0 Å². The lowest BCUT2D eigenvalue weighted by molar-refractivity contribution is 0.0699. The van der Waals surface area contributed by atoms with E-state index in [-0.39, 0.29) is 32.6 Å². The third-order valence-electron chi connectivity index (χ3n) is 3.92. The number of anilines is 1. The molecule has 4 aromatic rings. The van der Waals surface area contributed by atoms with E-state index in [0.717, 1.165) is 17.4 Å². The Morgan fingerprint density at radius 2 is 2.00 bits per heavy atom. The number of nitrogens with one attached hydrogen (secondary N) is 1. The van der Waals surface area contributed by atoms with Crippen molar-refractivity contribution in [1.82, 2.24) is 4.98 Å². The van der Waals surface area contributed by atoms with E-state index in [9.17, 15) is 19.1 Å². The second-order valence-electron chi connectivity index (χ2n) is 5.72. The van der Waals surface area contributed by atoms with Crippen molar-refractivity contribution < 1.29 is 23.5 Å². The Bertz CT molecular complexity index is 1200. The molecule has 1 amide bonds. The summed E-state index contributed by atoms with van der Waals surface area (Å²) in [5, 5.41) is 13.7. The topological polar surface area (TPSA) is 92.4 Å². The van der Waals surface area contributed by atoms with Gasteiger partial charge in [-0.3, -0.25) is 4.79 Å². The second kappa shape index (κ2) is 7.06. The van der Waals surface area contributed by atoms with E-state index in [2.05, 4.69) is 10.3 Å². The number of amides is 1. The van der Waals surface area contributed by atoms with Crippen LogP contribution in [0.15, 0.2) is 52.3 Å². The van der Waals surface area contributed by atoms with Crippen molar-refractivity contribution >= 4 is 51.6 Å². The van der Waals surface area contributed by atoms with Gasteiger partial charge in [0.05, 0.1) is 10.6 Å². The third kappa shape index (κ3) is 3.23. The highest BCUT2D eigenvalue weighted by Gasteiger charge is 2.24. The number of carboxylic acids is 1. The van der Waals surface area contributed by atoms with Gasteiger partial charge in [0.25, 0.3) is 5.89 Å². The second-order valence-corrected chi connectivity index (χ2v) is 7.04. The Kier molecular flexibility index (Phi) is 4.58. The van der Waals surface area contributed by atoms with E-state index in [4.69, 9.17) is 16.0 Å². The number of thiophene rings is 1. The predicted octanol–water partition coefficient (Wildman–Crippen LogP) is 5.30. The highest BCUT2D eigenvalue weighted by molar-refractivity contribution is 7.14. The molecule has 0 radical (unpaired) electrons. The zero-order valence-corrected chi connectivity index (χ0v) is 15.5. The summed E-state index contributed by atoms with van der Waals surface area (Å²) in [6, 6.07) is 10.8. The summed E-state index contributed by atoms with van der Waals surface area (Å²) < 4.78 is 19.6. The normalized spacial score (nSPS) is 10.9. The fourth-order valence-electron chi connectivity index (χ4n) is 2.68. The van der Waals surface area contributed by atoms with Gasteiger partial charge < -0.3 is 14.8 Å². The standard InChI is InChI=1S/C19H10ClFN2O4S/c20-9-5-6-10(11(21)7-9)16-15(19(25)26)13(8-28-16)22-17(24)18-23-12-3-1-2-4-14(12)27-18/h1-8H,(H,22,24)(H,25,26). The maximum atomic E-state index is 14.3. The van der Waals surface area contributed by atoms with Crippen LogP contribution in [0.25, 0.3) is 21.5 Å². The number of nitrogens with zero attached hydrogens (tertiary/aromatic N) is 1. The van der Waals surface area contributed by atoms with E-state index in [1.807, 2.05) is 0 Å². The van der Waals surface area contributed by atoms with E-state index in [0.29, 0.717) is 11.1 Å². The number of aromatic nitrogens is 1. The Hall–Kier alpha value is -3.23. The molecule has 0 fully saturated rings. The maximum absolute atomic E-state index is 14.3. The molecule has 0 atom stereocenters. The summed E-state index contributed by atoms with van der Waals surface area (Å²) >= 11 is 6.74. The summed E-state index contributed by atoms with van der Waals surface area (Å²) in [7, 11) is 0. The third-order valence-corrected chi connectivity index (χ3v) is 5.17. The summed E-state index contributed by atoms with van der Waals surface area (Å²) in [6.45, 7) is 0. The molecule has 0 saturated carbocycles. The lowest BCUT2D eigenvalue weighted by Crippen LogP contribution is -2.14. The Balaban J connectivity index is 1.71. The van der Waals surface area contributed by atoms with E-state index in [1.54, 1.807) is 24.3 Å². The average Bonchev–Trinajstić information content (AvgIpc) is 3.26. The van der Waals surface area contributed by atoms with Crippen molar-refractivity contribution in [3.05, 3.63) is 70.1 Å². The molecule has 28 heavy (non-hydrogen) atoms. The number of halogens is 2. The summed E-state index contributed by atoms with van der Waals surface area (Å²) in [4.78, 5) is 28.5. The number of benzene rings is 2. The molecule has 0 aliphatic heterocycles. The van der Waals surface area contributed by atoms with Gasteiger partial charge in [-0.25, -0.2) is 14.2 Å². The van der Waals surface area contributed by atoms with Crippen LogP contribution < -0.4 is 5.32 Å². The Labute approximate surface area is 166 Å². The van der Waals surface area contributed by atoms with Crippen LogP contribution >= 0.6 is 22.9 Å². The number of hydrogen-bond donors (Lipinski definition) is 2. The molecule has 9 heteroatoms. The average molecular weight is 417 g/mol. The number of carbonyl (C=O) groups is 2. The minimum atomic E-state index is -1.31. The quantitative estimate of drug-likeness (QED) is 0.471. The van der Waals surface area contributed by atoms with Crippen LogP contribution in [0.4, 0.5) is 10.1 Å². The van der Waals surface area contributed by atoms with Crippen molar-refractivity contribution in [3.63, 3.8) is 0 Å². The van der Waals surface area contributed by atoms with E-state index >= 15 is 0 Å². The highest BCUT2D eigenvalue weighted by atomic mass is 35.5. The Morgan fingerprint density at radius 3 is 2.71 bits per heavy atom. The first-order chi connectivity index (χ1) is 13.4. The minimum Gasteiger partial charge on any atom is -0.478 e. The number of carboxylic acid groups (broad SMARTS) is 1. The predicted molar refractivity (Wildman–Crippen MR) is 104 cm³/mol. The molecule has 2 aromatic carbocycles. The monoisotopic (exact) mass is 416 g/mol. The van der Waals surface area contributed by atoms with Crippen molar-refractivity contribution in [2.75, 3.05) is 5.32 Å². The maximum Gasteiger partial charge on any atom is 0.339 e. The fraction of sp³-hybridized carbons (Fsp3) is 0. The van der Waals surface area contributed by atoms with Crippen molar-refractivity contribution in [3.8, 4) is 10.4 Å². The van der Waals surface area contributed by atoms with Crippen molar-refractivity contribution in [2.45, 2.75) is 0 Å². The first-order valence-corrected chi connectivity index (χ1v) is 9.17. The Morgan fingerprint density at radius 1 is 1.21 bits per heavy atom. The number of rotatable bonds is 4. The molecular formula is C19H10ClFN2O4S. The molecule has 2 heterocycles. The van der Waals surface area contributed by atoms with E-state index < -0.39 is 17.7 Å². The molecule has 0 saturated heterocycles. The lowest BCUT2D eigenvalue weighted by atomic mass is 10.1. The lowest BCUT2D eigenvalue weighted by Gasteiger charge is -2.05. The van der Waals surface area contributed by atoms with Crippen LogP contribution in [0.2, 0.25) is 5.02 Å². The number of fused-ring (bicyclic) bond motifs is 1. The van der Waals surface area contributed by atoms with Gasteiger partial charge in [-0.15, -0.1) is 11.3 Å². The molecule has 0 unspecified atom stereocenters. The largest absolute Gasteiger partial charge is 0.478 e. The number of carbonyl (C=O) groups excluding carboxylic acids is 1. The van der Waals surface area contributed by atoms with Gasteiger partial charge in [-0.2, -0.15) is 0 Å². The van der Waals surface area contributed by atoms with E-state index in [1.165, 1.54) is 17.5 Å². The molecule has 0 aliphatic carbocycles. The zero-order chi connectivity index (χ0) is 19.8. The first-order valence-electron chi connectivity index (χ1n) is 7.91. The molecule has 6 nitrogen and oxygen atoms in total. The molecular weight excluding hydrogens is 407 g/mol. The van der Waals surface area contributed by atoms with Crippen LogP contribution in [0.1, 0.15) is 21.0 Å². The summed E-state index contributed by atoms with van der Waals surface area (Å²) in [5.74, 6) is -2.88. The first kappa shape index (κ1) is 18.1. The molecule has 0 spiro atoms. The number of para-hydroxylation sites is 2. The number of hydrogen-bond acceptors (Lipinski definition) is 5.